The Balaban J connectivity index is 2.33. The molecule has 3 N–H and O–H groups in total. The van der Waals surface area contributed by atoms with Gasteiger partial charge in [0, 0.05) is 11.8 Å². The number of nitrogens with two attached hydrogens (primary N) is 1. The van der Waals surface area contributed by atoms with E-state index in [4.69, 9.17) is 5.73 Å². The lowest BCUT2D eigenvalue weighted by Crippen LogP contribution is -2.24. The van der Waals surface area contributed by atoms with Gasteiger partial charge in [-0.25, -0.2) is 13.1 Å². The third-order valence-electron chi connectivity index (χ3n) is 2.30. The molecular formula is C9H9N5O5S. The van der Waals surface area contributed by atoms with Crippen molar-refractivity contribution in [3.05, 3.63) is 40.5 Å². The topological polar surface area (TPSA) is 154 Å². The molecule has 2 rings (SSSR count). The van der Waals surface area contributed by atoms with Crippen LogP contribution in [0.4, 0.5) is 11.4 Å². The van der Waals surface area contributed by atoms with Gasteiger partial charge in [0.25, 0.3) is 5.69 Å². The molecule has 0 unspecified atom stereocenters. The largest absolute Gasteiger partial charge is 0.399 e. The molecule has 2 aromatic rings. The second-order valence-electron chi connectivity index (χ2n) is 3.66. The number of aromatic nitrogens is 2. The Morgan fingerprint density at radius 3 is 2.80 bits per heavy atom. The van der Waals surface area contributed by atoms with Gasteiger partial charge in [0.05, 0.1) is 11.5 Å². The quantitative estimate of drug-likeness (QED) is 0.445. The van der Waals surface area contributed by atoms with E-state index in [0.717, 1.165) is 18.5 Å². The summed E-state index contributed by atoms with van der Waals surface area (Å²) in [4.78, 5) is 13.1. The summed E-state index contributed by atoms with van der Waals surface area (Å²) in [5.74, 6) is 0.0973. The van der Waals surface area contributed by atoms with Crippen molar-refractivity contribution in [3.63, 3.8) is 0 Å². The molecule has 0 saturated carbocycles. The van der Waals surface area contributed by atoms with Gasteiger partial charge >= 0.3 is 0 Å². The summed E-state index contributed by atoms with van der Waals surface area (Å²) >= 11 is 0. The molecule has 0 fully saturated rings. The maximum Gasteiger partial charge on any atom is 0.289 e. The minimum atomic E-state index is -4.13. The van der Waals surface area contributed by atoms with Crippen molar-refractivity contribution in [2.45, 2.75) is 11.4 Å². The highest BCUT2D eigenvalue weighted by molar-refractivity contribution is 7.89. The Morgan fingerprint density at radius 1 is 1.45 bits per heavy atom. The Hall–Kier alpha value is -2.53. The van der Waals surface area contributed by atoms with Crippen LogP contribution in [0.15, 0.2) is 34.0 Å². The van der Waals surface area contributed by atoms with Crippen LogP contribution in [0.25, 0.3) is 0 Å². The van der Waals surface area contributed by atoms with Gasteiger partial charge in [-0.05, 0) is 12.1 Å². The van der Waals surface area contributed by atoms with E-state index in [1.54, 1.807) is 0 Å². The standard InChI is InChI=1S/C9H9N5O5S/c10-6-1-2-7(14(15)16)8(3-6)20(17,18)12-4-9-11-5-19-13-9/h1-3,5,12H,4,10H2. The van der Waals surface area contributed by atoms with E-state index < -0.39 is 25.5 Å². The van der Waals surface area contributed by atoms with Gasteiger partial charge in [0.2, 0.25) is 16.4 Å². The average molecular weight is 299 g/mol. The molecule has 0 aliphatic heterocycles. The van der Waals surface area contributed by atoms with Crippen molar-refractivity contribution in [1.82, 2.24) is 14.9 Å². The van der Waals surface area contributed by atoms with Crippen molar-refractivity contribution in [3.8, 4) is 0 Å². The number of nitrogens with one attached hydrogen (secondary N) is 1. The van der Waals surface area contributed by atoms with E-state index in [1.165, 1.54) is 6.07 Å². The molecule has 0 bridgehead atoms. The van der Waals surface area contributed by atoms with Gasteiger partial charge in [-0.2, -0.15) is 4.98 Å². The van der Waals surface area contributed by atoms with E-state index in [1.807, 2.05) is 0 Å². The van der Waals surface area contributed by atoms with E-state index in [9.17, 15) is 18.5 Å². The van der Waals surface area contributed by atoms with Crippen molar-refractivity contribution in [1.29, 1.82) is 0 Å². The number of sulfonamides is 1. The number of nitrogens with zero attached hydrogens (tertiary/aromatic N) is 3. The molecule has 0 radical (unpaired) electrons. The molecule has 0 spiro atoms. The lowest BCUT2D eigenvalue weighted by atomic mass is 10.3. The predicted octanol–water partition coefficient (Wildman–Crippen LogP) is 0.0385. The molecule has 106 valence electrons. The molecule has 1 heterocycles. The molecule has 20 heavy (non-hydrogen) atoms. The zero-order chi connectivity index (χ0) is 14.8. The SMILES string of the molecule is Nc1ccc([N+](=O)[O-])c(S(=O)(=O)NCc2ncon2)c1. The molecule has 10 nitrogen and oxygen atoms in total. The molecule has 1 aromatic carbocycles. The summed E-state index contributed by atoms with van der Waals surface area (Å²) in [6, 6.07) is 3.28. The first-order valence-electron chi connectivity index (χ1n) is 5.19. The van der Waals surface area contributed by atoms with Gasteiger partial charge < -0.3 is 10.3 Å². The Bertz CT molecular complexity index is 727. The normalized spacial score (nSPS) is 11.4. The maximum absolute atomic E-state index is 12.0. The molecule has 0 saturated heterocycles. The van der Waals surface area contributed by atoms with E-state index in [2.05, 4.69) is 19.4 Å². The summed E-state index contributed by atoms with van der Waals surface area (Å²) in [6.07, 6.45) is 1.03. The van der Waals surface area contributed by atoms with Crippen LogP contribution in [0.3, 0.4) is 0 Å². The average Bonchev–Trinajstić information content (AvgIpc) is 2.89. The number of nitrogen functional groups attached to an aromatic ring is 1. The van der Waals surface area contributed by atoms with Crippen molar-refractivity contribution in [2.75, 3.05) is 5.73 Å². The Labute approximate surface area is 112 Å². The van der Waals surface area contributed by atoms with E-state index in [0.29, 0.717) is 0 Å². The molecule has 0 aliphatic rings. The summed E-state index contributed by atoms with van der Waals surface area (Å²) < 4.78 is 30.7. The highest BCUT2D eigenvalue weighted by Gasteiger charge is 2.26. The van der Waals surface area contributed by atoms with Crippen LogP contribution >= 0.6 is 0 Å². The molecule has 11 heteroatoms. The molecule has 1 aromatic heterocycles. The van der Waals surface area contributed by atoms with Gasteiger partial charge in [-0.3, -0.25) is 10.1 Å². The predicted molar refractivity (Wildman–Crippen MR) is 65.8 cm³/mol. The Morgan fingerprint density at radius 2 is 2.20 bits per heavy atom. The lowest BCUT2D eigenvalue weighted by molar-refractivity contribution is -0.387. The molecular weight excluding hydrogens is 290 g/mol. The fraction of sp³-hybridized carbons (Fsp3) is 0.111. The number of anilines is 1. The number of benzene rings is 1. The number of rotatable bonds is 5. The van der Waals surface area contributed by atoms with Gasteiger partial charge in [0.15, 0.2) is 10.7 Å². The first-order chi connectivity index (χ1) is 9.40. The van der Waals surface area contributed by atoms with Gasteiger partial charge in [0.1, 0.15) is 0 Å². The summed E-state index contributed by atoms with van der Waals surface area (Å²) in [7, 11) is -4.13. The number of hydrogen-bond acceptors (Lipinski definition) is 8. The minimum Gasteiger partial charge on any atom is -0.399 e. The van der Waals surface area contributed by atoms with Gasteiger partial charge in [-0.1, -0.05) is 5.16 Å². The second-order valence-corrected chi connectivity index (χ2v) is 5.39. The third kappa shape index (κ3) is 2.89. The first kappa shape index (κ1) is 13.9. The Kier molecular flexibility index (Phi) is 3.63. The van der Waals surface area contributed by atoms with Crippen LogP contribution in [-0.4, -0.2) is 23.5 Å². The summed E-state index contributed by atoms with van der Waals surface area (Å²) in [6.45, 7) is -0.259. The fourth-order valence-corrected chi connectivity index (χ4v) is 2.59. The third-order valence-corrected chi connectivity index (χ3v) is 3.73. The van der Waals surface area contributed by atoms with Crippen LogP contribution in [0, 0.1) is 10.1 Å². The van der Waals surface area contributed by atoms with E-state index in [-0.39, 0.29) is 18.1 Å². The van der Waals surface area contributed by atoms with Crippen LogP contribution in [0.5, 0.6) is 0 Å². The highest BCUT2D eigenvalue weighted by atomic mass is 32.2. The van der Waals surface area contributed by atoms with E-state index >= 15 is 0 Å². The zero-order valence-electron chi connectivity index (χ0n) is 9.88. The zero-order valence-corrected chi connectivity index (χ0v) is 10.7. The minimum absolute atomic E-state index is 0.0931. The van der Waals surface area contributed by atoms with Crippen LogP contribution in [-0.2, 0) is 16.6 Å². The number of nitro groups is 1. The van der Waals surface area contributed by atoms with Gasteiger partial charge in [-0.15, -0.1) is 0 Å². The summed E-state index contributed by atoms with van der Waals surface area (Å²) in [5, 5.41) is 14.3. The smallest absolute Gasteiger partial charge is 0.289 e. The molecule has 0 atom stereocenters. The van der Waals surface area contributed by atoms with Crippen LogP contribution in [0.2, 0.25) is 0 Å². The highest BCUT2D eigenvalue weighted by Crippen LogP contribution is 2.25. The monoisotopic (exact) mass is 299 g/mol. The number of nitro benzene ring substituents is 1. The number of hydrogen-bond donors (Lipinski definition) is 2. The summed E-state index contributed by atoms with van der Waals surface area (Å²) in [5.41, 5.74) is 4.98. The van der Waals surface area contributed by atoms with Crippen molar-refractivity contribution >= 4 is 21.4 Å². The second kappa shape index (κ2) is 5.22. The van der Waals surface area contributed by atoms with Crippen molar-refractivity contribution < 1.29 is 17.9 Å². The maximum atomic E-state index is 12.0. The molecule has 0 amide bonds. The fourth-order valence-electron chi connectivity index (χ4n) is 1.40. The van der Waals surface area contributed by atoms with Crippen LogP contribution in [0.1, 0.15) is 5.82 Å². The van der Waals surface area contributed by atoms with Crippen LogP contribution < -0.4 is 10.5 Å². The first-order valence-corrected chi connectivity index (χ1v) is 6.67. The lowest BCUT2D eigenvalue weighted by Gasteiger charge is -2.06. The van der Waals surface area contributed by atoms with Crippen molar-refractivity contribution in [2.24, 2.45) is 0 Å². The molecule has 0 aliphatic carbocycles.